The second-order valence-corrected chi connectivity index (χ2v) is 7.44. The molecule has 4 nitrogen and oxygen atoms in total. The Kier molecular flexibility index (Phi) is 13.7. The van der Waals surface area contributed by atoms with Crippen LogP contribution in [0.3, 0.4) is 0 Å². The van der Waals surface area contributed by atoms with Crippen LogP contribution in [0.1, 0.15) is 33.9 Å². The van der Waals surface area contributed by atoms with E-state index in [1.165, 1.54) is 16.8 Å². The summed E-state index contributed by atoms with van der Waals surface area (Å²) >= 11 is 0. The molecule has 0 aliphatic rings. The molecule has 31 heavy (non-hydrogen) atoms. The number of hydrogen-bond donors (Lipinski definition) is 1. The first-order chi connectivity index (χ1) is 13.5. The van der Waals surface area contributed by atoms with Gasteiger partial charge >= 0.3 is 16.8 Å². The molecule has 0 saturated carbocycles. The monoisotopic (exact) mass is 503 g/mol. The summed E-state index contributed by atoms with van der Waals surface area (Å²) in [5.41, 5.74) is 8.11. The van der Waals surface area contributed by atoms with E-state index in [-0.39, 0.29) is 41.6 Å². The Labute approximate surface area is 209 Å². The number of hydrogen-bond acceptors (Lipinski definition) is 4. The second kappa shape index (κ2) is 14.4. The molecule has 0 bridgehead atoms. The van der Waals surface area contributed by atoms with Crippen LogP contribution in [0.15, 0.2) is 54.6 Å². The van der Waals surface area contributed by atoms with Gasteiger partial charge < -0.3 is 30.1 Å². The number of benzene rings is 1. The van der Waals surface area contributed by atoms with Gasteiger partial charge in [0.15, 0.2) is 0 Å². The van der Waals surface area contributed by atoms with Crippen LogP contribution in [0.5, 0.6) is 0 Å². The summed E-state index contributed by atoms with van der Waals surface area (Å²) < 4.78 is 0. The van der Waals surface area contributed by atoms with Crippen molar-refractivity contribution in [3.63, 3.8) is 0 Å². The van der Waals surface area contributed by atoms with Gasteiger partial charge in [0.25, 0.3) is 0 Å². The van der Waals surface area contributed by atoms with Crippen molar-refractivity contribution in [3.8, 4) is 0 Å². The quantitative estimate of drug-likeness (QED) is 0.420. The third-order valence-corrected chi connectivity index (χ3v) is 4.87. The first-order valence-electron chi connectivity index (χ1n) is 9.89. The topological polar surface area (TPSA) is 41.0 Å². The van der Waals surface area contributed by atoms with Gasteiger partial charge in [-0.15, -0.1) is 0 Å². The van der Waals surface area contributed by atoms with Crippen molar-refractivity contribution < 1.29 is 41.6 Å². The summed E-state index contributed by atoms with van der Waals surface area (Å²) in [7, 11) is 0. The molecule has 2 heterocycles. The number of nitrogens with zero attached hydrogens (tertiary/aromatic N) is 3. The zero-order chi connectivity index (χ0) is 19.9. The number of pyridine rings is 2. The van der Waals surface area contributed by atoms with Crippen LogP contribution in [-0.4, -0.2) is 28.0 Å². The van der Waals surface area contributed by atoms with E-state index in [9.17, 15) is 0 Å². The number of anilines is 1. The molecule has 1 aromatic carbocycles. The average Bonchev–Trinajstić information content (AvgIpc) is 2.64. The van der Waals surface area contributed by atoms with E-state index < -0.39 is 0 Å². The minimum atomic E-state index is 0. The van der Waals surface area contributed by atoms with Crippen molar-refractivity contribution in [3.05, 3.63) is 88.5 Å². The number of aromatic nitrogens is 2. The maximum atomic E-state index is 4.68. The van der Waals surface area contributed by atoms with Crippen molar-refractivity contribution in [1.82, 2.24) is 14.9 Å². The molecule has 3 aromatic rings. The minimum Gasteiger partial charge on any atom is -1.00 e. The van der Waals surface area contributed by atoms with E-state index in [1.807, 2.05) is 26.0 Å². The Hall–Kier alpha value is -1.63. The van der Waals surface area contributed by atoms with Crippen molar-refractivity contribution in [2.24, 2.45) is 0 Å². The molecule has 0 unspecified atom stereocenters. The fraction of sp³-hybridized carbons (Fsp3) is 0.333. The third kappa shape index (κ3) is 9.17. The molecule has 169 valence electrons. The molecule has 0 atom stereocenters. The molecule has 0 spiro atoms. The van der Waals surface area contributed by atoms with Crippen LogP contribution >= 0.6 is 0 Å². The molecular weight excluding hydrogens is 474 g/mol. The zero-order valence-corrected chi connectivity index (χ0v) is 21.0. The second-order valence-electron chi connectivity index (χ2n) is 7.44. The summed E-state index contributed by atoms with van der Waals surface area (Å²) in [4.78, 5) is 11.8. The summed E-state index contributed by atoms with van der Waals surface area (Å²) in [5.74, 6) is 0. The molecule has 2 aromatic heterocycles. The third-order valence-electron chi connectivity index (χ3n) is 4.87. The first-order valence-corrected chi connectivity index (χ1v) is 9.89. The van der Waals surface area contributed by atoms with Gasteiger partial charge in [-0.2, -0.15) is 0 Å². The van der Waals surface area contributed by atoms with Crippen molar-refractivity contribution in [2.75, 3.05) is 18.4 Å². The average molecular weight is 504 g/mol. The summed E-state index contributed by atoms with van der Waals surface area (Å²) in [6.07, 6.45) is 0. The Morgan fingerprint density at radius 3 is 1.61 bits per heavy atom. The van der Waals surface area contributed by atoms with Gasteiger partial charge in [-0.25, -0.2) is 0 Å². The molecule has 0 saturated heterocycles. The molecular formula is C24H30Cl2CoN4. The Bertz CT molecular complexity index is 869. The first kappa shape index (κ1) is 29.4. The normalized spacial score (nSPS) is 9.97. The van der Waals surface area contributed by atoms with Crippen LogP contribution in [0.4, 0.5) is 5.69 Å². The number of halogens is 2. The fourth-order valence-electron chi connectivity index (χ4n) is 3.48. The van der Waals surface area contributed by atoms with E-state index in [0.29, 0.717) is 0 Å². The largest absolute Gasteiger partial charge is 2.00 e. The predicted molar refractivity (Wildman–Crippen MR) is 116 cm³/mol. The molecule has 1 radical (unpaired) electrons. The maximum Gasteiger partial charge on any atom is 2.00 e. The number of para-hydroxylation sites is 1. The van der Waals surface area contributed by atoms with Gasteiger partial charge in [-0.05, 0) is 63.1 Å². The smallest absolute Gasteiger partial charge is 1.00 e. The van der Waals surface area contributed by atoms with Crippen molar-refractivity contribution >= 4 is 5.69 Å². The molecule has 0 fully saturated rings. The van der Waals surface area contributed by atoms with E-state index in [1.54, 1.807) is 0 Å². The van der Waals surface area contributed by atoms with Gasteiger partial charge in [0.1, 0.15) is 0 Å². The minimum absolute atomic E-state index is 0. The van der Waals surface area contributed by atoms with E-state index in [4.69, 9.17) is 0 Å². The van der Waals surface area contributed by atoms with Crippen molar-refractivity contribution in [1.29, 1.82) is 0 Å². The van der Waals surface area contributed by atoms with Crippen LogP contribution in [0, 0.1) is 27.7 Å². The summed E-state index contributed by atoms with van der Waals surface area (Å²) in [6, 6.07) is 18.9. The molecule has 3 rings (SSSR count). The predicted octanol–water partition coefficient (Wildman–Crippen LogP) is -1.17. The van der Waals surface area contributed by atoms with E-state index >= 15 is 0 Å². The molecule has 7 heteroatoms. The maximum absolute atomic E-state index is 4.68. The molecule has 1 N–H and O–H groups in total. The standard InChI is InChI=1S/C24H30N4.2ClH.Co/c1-18-8-5-9-19(2)24(18)25-14-15-28(16-22-12-6-10-20(3)26-22)17-23-13-7-11-21(4)27-23;;;/h5-13,25H,14-17H2,1-4H3;2*1H;/q;;;+2/p-2. The Morgan fingerprint density at radius 2 is 1.16 bits per heavy atom. The van der Waals surface area contributed by atoms with E-state index in [2.05, 4.69) is 76.5 Å². The fourth-order valence-corrected chi connectivity index (χ4v) is 3.48. The SMILES string of the molecule is Cc1cccc(CN(CCNc2c(C)cccc2C)Cc2cccc(C)n2)n1.[Cl-].[Cl-].[Co+2]. The molecule has 0 aliphatic heterocycles. The van der Waals surface area contributed by atoms with E-state index in [0.717, 1.165) is 49.0 Å². The van der Waals surface area contributed by atoms with Crippen molar-refractivity contribution in [2.45, 2.75) is 40.8 Å². The molecule has 0 amide bonds. The Morgan fingerprint density at radius 1 is 0.710 bits per heavy atom. The molecule has 0 aliphatic carbocycles. The summed E-state index contributed by atoms with van der Waals surface area (Å²) in [6.45, 7) is 11.8. The van der Waals surface area contributed by atoms with Gasteiger partial charge in [0.05, 0.1) is 11.4 Å². The van der Waals surface area contributed by atoms with Gasteiger partial charge in [0.2, 0.25) is 0 Å². The Balaban J connectivity index is 0.00000300. The summed E-state index contributed by atoms with van der Waals surface area (Å²) in [5, 5.41) is 3.62. The van der Waals surface area contributed by atoms with Crippen LogP contribution in [0.2, 0.25) is 0 Å². The zero-order valence-electron chi connectivity index (χ0n) is 18.5. The number of nitrogens with one attached hydrogen (secondary N) is 1. The van der Waals surface area contributed by atoms with Crippen LogP contribution in [-0.2, 0) is 29.9 Å². The van der Waals surface area contributed by atoms with Gasteiger partial charge in [-0.1, -0.05) is 30.3 Å². The number of rotatable bonds is 8. The van der Waals surface area contributed by atoms with Crippen LogP contribution in [0.25, 0.3) is 0 Å². The van der Waals surface area contributed by atoms with Gasteiger partial charge in [-0.3, -0.25) is 14.9 Å². The van der Waals surface area contributed by atoms with Gasteiger partial charge in [0, 0.05) is 43.3 Å². The van der Waals surface area contributed by atoms with Crippen LogP contribution < -0.4 is 30.1 Å². The number of aryl methyl sites for hydroxylation is 4.